The van der Waals surface area contributed by atoms with Gasteiger partial charge in [-0.25, -0.2) is 0 Å². The molecule has 2 aromatic heterocycles. The van der Waals surface area contributed by atoms with E-state index in [1.807, 2.05) is 0 Å². The molecule has 0 fully saturated rings. The minimum absolute atomic E-state index is 0.0883. The Hall–Kier alpha value is -1.74. The van der Waals surface area contributed by atoms with Gasteiger partial charge in [0.1, 0.15) is 6.54 Å². The van der Waals surface area contributed by atoms with E-state index in [9.17, 15) is 18.0 Å². The maximum Gasteiger partial charge on any atom is 0.436 e. The molecule has 24 heavy (non-hydrogen) atoms. The van der Waals surface area contributed by atoms with Crippen LogP contribution in [0.5, 0.6) is 0 Å². The lowest BCUT2D eigenvalue weighted by Gasteiger charge is -2.07. The zero-order chi connectivity index (χ0) is 17.9. The van der Waals surface area contributed by atoms with Gasteiger partial charge in [-0.05, 0) is 13.3 Å². The molecule has 0 aliphatic rings. The SMILES string of the molecule is Cc1c(Cl)c(C(F)(F)F)nn1CC(=O)NCCCn1cc(Cl)cn1. The molecular formula is C13H14Cl2F3N5O. The summed E-state index contributed by atoms with van der Waals surface area (Å²) in [6, 6.07) is 0. The van der Waals surface area contributed by atoms with Crippen molar-refractivity contribution < 1.29 is 18.0 Å². The van der Waals surface area contributed by atoms with Gasteiger partial charge in [-0.3, -0.25) is 14.2 Å². The second-order valence-electron chi connectivity index (χ2n) is 5.03. The van der Waals surface area contributed by atoms with Crippen LogP contribution in [-0.2, 0) is 24.1 Å². The van der Waals surface area contributed by atoms with Crippen molar-refractivity contribution in [3.63, 3.8) is 0 Å². The number of amides is 1. The third-order valence-corrected chi connectivity index (χ3v) is 3.83. The molecule has 0 aliphatic heterocycles. The molecule has 0 aromatic carbocycles. The van der Waals surface area contributed by atoms with Crippen molar-refractivity contribution in [3.05, 3.63) is 33.8 Å². The lowest BCUT2D eigenvalue weighted by atomic mass is 10.3. The number of aromatic nitrogens is 4. The van der Waals surface area contributed by atoms with Gasteiger partial charge in [0.05, 0.1) is 21.9 Å². The van der Waals surface area contributed by atoms with Crippen molar-refractivity contribution in [1.29, 1.82) is 0 Å². The van der Waals surface area contributed by atoms with Crippen molar-refractivity contribution in [2.45, 2.75) is 32.6 Å². The molecule has 1 amide bonds. The van der Waals surface area contributed by atoms with E-state index < -0.39 is 22.8 Å². The fourth-order valence-corrected chi connectivity index (χ4v) is 2.38. The van der Waals surface area contributed by atoms with Crippen LogP contribution in [-0.4, -0.2) is 32.0 Å². The van der Waals surface area contributed by atoms with Crippen molar-refractivity contribution >= 4 is 29.1 Å². The first-order valence-electron chi connectivity index (χ1n) is 6.93. The molecule has 2 rings (SSSR count). The zero-order valence-electron chi connectivity index (χ0n) is 12.6. The maximum atomic E-state index is 12.7. The Morgan fingerprint density at radius 2 is 2.08 bits per heavy atom. The van der Waals surface area contributed by atoms with Crippen LogP contribution >= 0.6 is 23.2 Å². The monoisotopic (exact) mass is 383 g/mol. The van der Waals surface area contributed by atoms with Crippen molar-refractivity contribution in [3.8, 4) is 0 Å². The number of nitrogens with one attached hydrogen (secondary N) is 1. The average molecular weight is 384 g/mol. The van der Waals surface area contributed by atoms with Gasteiger partial charge in [-0.2, -0.15) is 23.4 Å². The third kappa shape index (κ3) is 4.64. The van der Waals surface area contributed by atoms with Gasteiger partial charge >= 0.3 is 6.18 Å². The average Bonchev–Trinajstić information content (AvgIpc) is 3.01. The molecule has 2 aromatic rings. The second kappa shape index (κ2) is 7.43. The number of rotatable bonds is 6. The van der Waals surface area contributed by atoms with Crippen molar-refractivity contribution in [2.75, 3.05) is 6.54 Å². The van der Waals surface area contributed by atoms with Gasteiger partial charge < -0.3 is 5.32 Å². The van der Waals surface area contributed by atoms with Gasteiger partial charge in [0, 0.05) is 19.3 Å². The van der Waals surface area contributed by atoms with Crippen LogP contribution in [0.4, 0.5) is 13.2 Å². The Labute approximate surface area is 145 Å². The summed E-state index contributed by atoms with van der Waals surface area (Å²) in [4.78, 5) is 11.8. The van der Waals surface area contributed by atoms with Gasteiger partial charge in [-0.15, -0.1) is 0 Å². The quantitative estimate of drug-likeness (QED) is 0.779. The van der Waals surface area contributed by atoms with E-state index in [1.54, 1.807) is 10.9 Å². The molecule has 0 radical (unpaired) electrons. The first-order valence-corrected chi connectivity index (χ1v) is 7.69. The van der Waals surface area contributed by atoms with Crippen molar-refractivity contribution in [1.82, 2.24) is 24.9 Å². The van der Waals surface area contributed by atoms with Gasteiger partial charge in [0.15, 0.2) is 5.69 Å². The second-order valence-corrected chi connectivity index (χ2v) is 5.84. The normalized spacial score (nSPS) is 11.8. The largest absolute Gasteiger partial charge is 0.436 e. The third-order valence-electron chi connectivity index (χ3n) is 3.18. The summed E-state index contributed by atoms with van der Waals surface area (Å²) in [6.45, 7) is 1.93. The fourth-order valence-electron chi connectivity index (χ4n) is 1.98. The summed E-state index contributed by atoms with van der Waals surface area (Å²) >= 11 is 11.3. The van der Waals surface area contributed by atoms with Crippen LogP contribution in [0.25, 0.3) is 0 Å². The highest BCUT2D eigenvalue weighted by atomic mass is 35.5. The first kappa shape index (κ1) is 18.6. The minimum Gasteiger partial charge on any atom is -0.354 e. The van der Waals surface area contributed by atoms with Crippen LogP contribution in [0, 0.1) is 6.92 Å². The number of nitrogens with zero attached hydrogens (tertiary/aromatic N) is 4. The summed E-state index contributed by atoms with van der Waals surface area (Å²) in [5, 5.41) is 9.98. The van der Waals surface area contributed by atoms with Crippen LogP contribution in [0.2, 0.25) is 10.0 Å². The summed E-state index contributed by atoms with van der Waals surface area (Å²) in [5.41, 5.74) is -1.10. The van der Waals surface area contributed by atoms with Gasteiger partial charge in [0.2, 0.25) is 5.91 Å². The van der Waals surface area contributed by atoms with E-state index in [4.69, 9.17) is 23.2 Å². The van der Waals surface area contributed by atoms with E-state index in [-0.39, 0.29) is 12.2 Å². The van der Waals surface area contributed by atoms with E-state index in [0.717, 1.165) is 4.68 Å². The summed E-state index contributed by atoms with van der Waals surface area (Å²) in [7, 11) is 0. The molecule has 2 heterocycles. The smallest absolute Gasteiger partial charge is 0.354 e. The Morgan fingerprint density at radius 3 is 2.62 bits per heavy atom. The number of carbonyl (C=O) groups excluding carboxylic acids is 1. The van der Waals surface area contributed by atoms with Crippen LogP contribution < -0.4 is 5.32 Å². The number of halogens is 5. The highest BCUT2D eigenvalue weighted by Gasteiger charge is 2.38. The van der Waals surface area contributed by atoms with Gasteiger partial charge in [0.25, 0.3) is 0 Å². The maximum absolute atomic E-state index is 12.7. The molecule has 6 nitrogen and oxygen atoms in total. The topological polar surface area (TPSA) is 64.7 Å². The van der Waals surface area contributed by atoms with E-state index in [0.29, 0.717) is 24.5 Å². The Morgan fingerprint density at radius 1 is 1.38 bits per heavy atom. The summed E-state index contributed by atoms with van der Waals surface area (Å²) < 4.78 is 40.7. The zero-order valence-corrected chi connectivity index (χ0v) is 14.1. The highest BCUT2D eigenvalue weighted by molar-refractivity contribution is 6.32. The molecule has 0 spiro atoms. The predicted molar refractivity (Wildman–Crippen MR) is 81.8 cm³/mol. The molecule has 0 atom stereocenters. The molecule has 0 bridgehead atoms. The number of alkyl halides is 3. The lowest BCUT2D eigenvalue weighted by Crippen LogP contribution is -2.29. The standard InChI is InChI=1S/C13H14Cl2F3N5O/c1-8-11(15)12(13(16,17)18)21-23(8)7-10(24)19-3-2-4-22-6-9(14)5-20-22/h5-6H,2-4,7H2,1H3,(H,19,24). The Balaban J connectivity index is 1.84. The molecule has 1 N–H and O–H groups in total. The summed E-state index contributed by atoms with van der Waals surface area (Å²) in [5.74, 6) is -0.454. The number of hydrogen-bond acceptors (Lipinski definition) is 3. The Bertz CT molecular complexity index is 726. The first-order chi connectivity index (χ1) is 11.2. The highest BCUT2D eigenvalue weighted by Crippen LogP contribution is 2.35. The lowest BCUT2D eigenvalue weighted by molar-refractivity contribution is -0.141. The molecule has 0 saturated carbocycles. The van der Waals surface area contributed by atoms with E-state index >= 15 is 0 Å². The van der Waals surface area contributed by atoms with Crippen LogP contribution in [0.15, 0.2) is 12.4 Å². The molecule has 0 aliphatic carbocycles. The molecule has 0 saturated heterocycles. The number of aryl methyl sites for hydroxylation is 1. The minimum atomic E-state index is -4.66. The van der Waals surface area contributed by atoms with Gasteiger partial charge in [-0.1, -0.05) is 23.2 Å². The predicted octanol–water partition coefficient (Wildman–Crippen LogP) is 2.92. The van der Waals surface area contributed by atoms with E-state index in [2.05, 4.69) is 15.5 Å². The number of carbonyl (C=O) groups is 1. The molecular weight excluding hydrogens is 370 g/mol. The van der Waals surface area contributed by atoms with E-state index in [1.165, 1.54) is 13.1 Å². The van der Waals surface area contributed by atoms with Crippen LogP contribution in [0.3, 0.4) is 0 Å². The van der Waals surface area contributed by atoms with Crippen molar-refractivity contribution in [2.24, 2.45) is 0 Å². The Kier molecular flexibility index (Phi) is 5.76. The van der Waals surface area contributed by atoms with Crippen LogP contribution in [0.1, 0.15) is 17.8 Å². The molecule has 0 unspecified atom stereocenters. The molecule has 132 valence electrons. The fraction of sp³-hybridized carbons (Fsp3) is 0.462. The summed E-state index contributed by atoms with van der Waals surface area (Å²) in [6.07, 6.45) is -0.912. The number of hydrogen-bond donors (Lipinski definition) is 1. The molecule has 11 heteroatoms.